The van der Waals surface area contributed by atoms with E-state index in [4.69, 9.17) is 32.7 Å². The molecule has 5 aromatic rings. The molecule has 1 atom stereocenters. The smallest absolute Gasteiger partial charge is 0.301 e. The molecule has 1 aromatic heterocycles. The van der Waals surface area contributed by atoms with Gasteiger partial charge in [-0.25, -0.2) is 0 Å². The van der Waals surface area contributed by atoms with E-state index in [1.165, 1.54) is 48.3 Å². The van der Waals surface area contributed by atoms with Gasteiger partial charge in [-0.1, -0.05) is 94.8 Å². The third-order valence-corrected chi connectivity index (χ3v) is 10.0. The van der Waals surface area contributed by atoms with E-state index in [-0.39, 0.29) is 21.3 Å². The number of halogens is 2. The average molecular weight is 665 g/mol. The van der Waals surface area contributed by atoms with E-state index in [9.17, 15) is 14.7 Å². The quantitative estimate of drug-likeness (QED) is 0.0587. The molecule has 0 saturated carbocycles. The first-order chi connectivity index (χ1) is 21.3. The molecule has 1 fully saturated rings. The van der Waals surface area contributed by atoms with Gasteiger partial charge in [0.1, 0.15) is 5.76 Å². The fourth-order valence-electron chi connectivity index (χ4n) is 5.08. The van der Waals surface area contributed by atoms with Crippen molar-refractivity contribution in [3.05, 3.63) is 111 Å². The van der Waals surface area contributed by atoms with Gasteiger partial charge in [-0.15, -0.1) is 10.2 Å². The zero-order chi connectivity index (χ0) is 31.0. The van der Waals surface area contributed by atoms with Crippen molar-refractivity contribution in [3.63, 3.8) is 0 Å². The van der Waals surface area contributed by atoms with Gasteiger partial charge in [0.05, 0.1) is 35.9 Å². The molecule has 2 heterocycles. The molecule has 6 rings (SSSR count). The van der Waals surface area contributed by atoms with Gasteiger partial charge in [-0.2, -0.15) is 0 Å². The number of methoxy groups -OCH3 is 2. The summed E-state index contributed by atoms with van der Waals surface area (Å²) in [5, 5.41) is 23.1. The number of ether oxygens (including phenoxy) is 2. The predicted molar refractivity (Wildman–Crippen MR) is 174 cm³/mol. The molecule has 1 amide bonds. The number of carbonyl (C=O) groups excluding carboxylic acids is 2. The Morgan fingerprint density at radius 2 is 1.70 bits per heavy atom. The van der Waals surface area contributed by atoms with Crippen molar-refractivity contribution in [2.24, 2.45) is 0 Å². The molecule has 12 heteroatoms. The van der Waals surface area contributed by atoms with Crippen LogP contribution in [0.4, 0.5) is 5.13 Å². The molecule has 1 unspecified atom stereocenters. The summed E-state index contributed by atoms with van der Waals surface area (Å²) in [6.07, 6.45) is 0. The number of fused-ring (bicyclic) bond motifs is 1. The van der Waals surface area contributed by atoms with Gasteiger partial charge in [-0.05, 0) is 52.2 Å². The van der Waals surface area contributed by atoms with Crippen LogP contribution in [0.2, 0.25) is 10.0 Å². The molecule has 1 saturated heterocycles. The van der Waals surface area contributed by atoms with Crippen LogP contribution in [0, 0.1) is 0 Å². The number of hydrogen-bond acceptors (Lipinski definition) is 9. The molecule has 8 nitrogen and oxygen atoms in total. The minimum atomic E-state index is -1.05. The van der Waals surface area contributed by atoms with Crippen molar-refractivity contribution in [1.29, 1.82) is 0 Å². The third-order valence-electron chi connectivity index (χ3n) is 7.19. The number of anilines is 1. The first-order valence-electron chi connectivity index (χ1n) is 13.2. The monoisotopic (exact) mass is 663 g/mol. The Hall–Kier alpha value is -4.09. The zero-order valence-corrected chi connectivity index (χ0v) is 26.4. The number of aromatic nitrogens is 2. The Kier molecular flexibility index (Phi) is 8.50. The van der Waals surface area contributed by atoms with Crippen LogP contribution in [0.25, 0.3) is 16.5 Å². The maximum atomic E-state index is 13.6. The topological polar surface area (TPSA) is 102 Å². The van der Waals surface area contributed by atoms with E-state index >= 15 is 0 Å². The number of benzene rings is 4. The largest absolute Gasteiger partial charge is 0.507 e. The Labute approximate surface area is 270 Å². The SMILES string of the molecule is COc1ccc(C(O)=C2C(=O)C(=O)N(c3nnc(SCc4cccc5ccccc45)s3)C2c2ccc(Cl)c(Cl)c2)cc1OC. The molecule has 222 valence electrons. The summed E-state index contributed by atoms with van der Waals surface area (Å²) in [5.74, 6) is -0.720. The van der Waals surface area contributed by atoms with Crippen molar-refractivity contribution in [2.45, 2.75) is 16.1 Å². The summed E-state index contributed by atoms with van der Waals surface area (Å²) in [6, 6.07) is 22.7. The molecular weight excluding hydrogens is 641 g/mol. The number of aliphatic hydroxyl groups is 1. The second-order valence-corrected chi connectivity index (χ2v) is 12.7. The Balaban J connectivity index is 1.40. The third kappa shape index (κ3) is 5.50. The number of nitrogens with zero attached hydrogens (tertiary/aromatic N) is 3. The molecule has 0 radical (unpaired) electrons. The predicted octanol–water partition coefficient (Wildman–Crippen LogP) is 7.93. The van der Waals surface area contributed by atoms with Crippen LogP contribution in [-0.2, 0) is 15.3 Å². The highest BCUT2D eigenvalue weighted by Crippen LogP contribution is 2.45. The minimum Gasteiger partial charge on any atom is -0.507 e. The molecule has 0 aliphatic carbocycles. The van der Waals surface area contributed by atoms with Gasteiger partial charge in [-0.3, -0.25) is 14.5 Å². The minimum absolute atomic E-state index is 0.138. The highest BCUT2D eigenvalue weighted by molar-refractivity contribution is 8.00. The summed E-state index contributed by atoms with van der Waals surface area (Å²) < 4.78 is 11.3. The number of ketones is 1. The second kappa shape index (κ2) is 12.5. The summed E-state index contributed by atoms with van der Waals surface area (Å²) in [5.41, 5.74) is 1.71. The normalized spacial score (nSPS) is 16.1. The van der Waals surface area contributed by atoms with Crippen molar-refractivity contribution in [1.82, 2.24) is 10.2 Å². The maximum absolute atomic E-state index is 13.6. The van der Waals surface area contributed by atoms with Crippen LogP contribution in [-0.4, -0.2) is 41.2 Å². The summed E-state index contributed by atoms with van der Waals surface area (Å²) in [4.78, 5) is 28.4. The van der Waals surface area contributed by atoms with Gasteiger partial charge in [0.2, 0.25) is 5.13 Å². The summed E-state index contributed by atoms with van der Waals surface area (Å²) in [7, 11) is 2.95. The average Bonchev–Trinajstić information content (AvgIpc) is 3.62. The number of rotatable bonds is 8. The summed E-state index contributed by atoms with van der Waals surface area (Å²) >= 11 is 15.2. The number of aliphatic hydroxyl groups excluding tert-OH is 1. The zero-order valence-electron chi connectivity index (χ0n) is 23.3. The fourth-order valence-corrected chi connectivity index (χ4v) is 7.26. The Bertz CT molecular complexity index is 1960. The van der Waals surface area contributed by atoms with Crippen LogP contribution in [0.5, 0.6) is 11.5 Å². The fraction of sp³-hybridized carbons (Fsp3) is 0.125. The van der Waals surface area contributed by atoms with Gasteiger partial charge >= 0.3 is 5.91 Å². The number of Topliss-reactive ketones (excluding diaryl/α,β-unsaturated/α-hetero) is 1. The Morgan fingerprint density at radius 1 is 0.932 bits per heavy atom. The molecule has 0 spiro atoms. The number of carbonyl (C=O) groups is 2. The van der Waals surface area contributed by atoms with Crippen LogP contribution in [0.3, 0.4) is 0 Å². The van der Waals surface area contributed by atoms with Gasteiger partial charge < -0.3 is 14.6 Å². The van der Waals surface area contributed by atoms with E-state index < -0.39 is 23.5 Å². The van der Waals surface area contributed by atoms with E-state index in [0.29, 0.717) is 32.2 Å². The maximum Gasteiger partial charge on any atom is 0.301 e. The summed E-state index contributed by atoms with van der Waals surface area (Å²) in [6.45, 7) is 0. The van der Waals surface area contributed by atoms with Crippen molar-refractivity contribution >= 4 is 79.7 Å². The molecule has 1 N–H and O–H groups in total. The first kappa shape index (κ1) is 30.0. The molecule has 1 aliphatic rings. The van der Waals surface area contributed by atoms with Crippen LogP contribution in [0.15, 0.2) is 88.8 Å². The second-order valence-electron chi connectivity index (χ2n) is 9.69. The lowest BCUT2D eigenvalue weighted by Crippen LogP contribution is -2.29. The number of amides is 1. The van der Waals surface area contributed by atoms with Crippen LogP contribution in [0.1, 0.15) is 22.7 Å². The molecular formula is C32H23Cl2N3O5S2. The van der Waals surface area contributed by atoms with Crippen molar-refractivity contribution in [2.75, 3.05) is 19.1 Å². The lowest BCUT2D eigenvalue weighted by atomic mass is 9.95. The highest BCUT2D eigenvalue weighted by atomic mass is 35.5. The van der Waals surface area contributed by atoms with E-state index in [2.05, 4.69) is 34.5 Å². The van der Waals surface area contributed by atoms with E-state index in [1.54, 1.807) is 30.3 Å². The first-order valence-corrected chi connectivity index (χ1v) is 15.8. The van der Waals surface area contributed by atoms with Gasteiger partial charge in [0, 0.05) is 11.3 Å². The number of thioether (sulfide) groups is 1. The molecule has 0 bridgehead atoms. The lowest BCUT2D eigenvalue weighted by Gasteiger charge is -2.23. The van der Waals surface area contributed by atoms with Crippen LogP contribution >= 0.6 is 46.3 Å². The van der Waals surface area contributed by atoms with Gasteiger partial charge in [0.25, 0.3) is 5.78 Å². The van der Waals surface area contributed by atoms with Crippen molar-refractivity contribution in [3.8, 4) is 11.5 Å². The van der Waals surface area contributed by atoms with Crippen molar-refractivity contribution < 1.29 is 24.2 Å². The lowest BCUT2D eigenvalue weighted by molar-refractivity contribution is -0.132. The van der Waals surface area contributed by atoms with E-state index in [0.717, 1.165) is 16.3 Å². The van der Waals surface area contributed by atoms with Gasteiger partial charge in [0.15, 0.2) is 15.8 Å². The highest BCUT2D eigenvalue weighted by Gasteiger charge is 2.48. The molecule has 44 heavy (non-hydrogen) atoms. The standard InChI is InChI=1S/C32H23Cl2N3O5S2/c1-41-24-13-11-19(15-25(24)42-2)28(38)26-27(18-10-12-22(33)23(34)14-18)37(30(40)29(26)39)31-35-36-32(44-31)43-16-20-8-5-7-17-6-3-4-9-21(17)20/h3-15,27,38H,16H2,1-2H3. The van der Waals surface area contributed by atoms with Crippen LogP contribution < -0.4 is 14.4 Å². The molecule has 1 aliphatic heterocycles. The Morgan fingerprint density at radius 3 is 2.48 bits per heavy atom. The number of hydrogen-bond donors (Lipinski definition) is 1. The molecule has 4 aromatic carbocycles. The van der Waals surface area contributed by atoms with E-state index in [1.807, 2.05) is 18.2 Å².